The van der Waals surface area contributed by atoms with Crippen LogP contribution in [0.3, 0.4) is 0 Å². The number of piperidine rings is 1. The van der Waals surface area contributed by atoms with Gasteiger partial charge in [-0.1, -0.05) is 30.3 Å². The van der Waals surface area contributed by atoms with E-state index in [1.165, 1.54) is 6.92 Å². The largest absolute Gasteiger partial charge is 0.392 e. The number of nitrogens with zero attached hydrogens (tertiary/aromatic N) is 1. The van der Waals surface area contributed by atoms with Gasteiger partial charge in [0.1, 0.15) is 0 Å². The second kappa shape index (κ2) is 7.24. The molecular weight excluding hydrogens is 302 g/mol. The summed E-state index contributed by atoms with van der Waals surface area (Å²) in [5, 5.41) is 8.25. The van der Waals surface area contributed by atoms with Gasteiger partial charge in [0.05, 0.1) is 11.9 Å². The molecule has 22 heavy (non-hydrogen) atoms. The molecule has 2 atom stereocenters. The first-order valence-electron chi connectivity index (χ1n) is 7.65. The zero-order valence-electron chi connectivity index (χ0n) is 12.8. The van der Waals surface area contributed by atoms with Crippen molar-refractivity contribution in [2.75, 3.05) is 18.8 Å². The van der Waals surface area contributed by atoms with E-state index in [1.54, 1.807) is 35.2 Å². The fourth-order valence-electron chi connectivity index (χ4n) is 2.84. The van der Waals surface area contributed by atoms with Gasteiger partial charge in [0, 0.05) is 13.1 Å². The van der Waals surface area contributed by atoms with E-state index in [4.69, 9.17) is 0 Å². The Morgan fingerprint density at radius 2 is 1.77 bits per heavy atom. The smallest absolute Gasteiger partial charge is 0.245 e. The van der Waals surface area contributed by atoms with Crippen molar-refractivity contribution < 1.29 is 18.3 Å². The van der Waals surface area contributed by atoms with E-state index in [0.717, 1.165) is 19.3 Å². The molecule has 122 valence electrons. The van der Waals surface area contributed by atoms with E-state index in [-0.39, 0.29) is 5.91 Å². The van der Waals surface area contributed by atoms with Gasteiger partial charge in [0.15, 0.2) is 15.1 Å². The molecule has 2 rings (SSSR count). The van der Waals surface area contributed by atoms with Crippen LogP contribution in [0, 0.1) is 0 Å². The van der Waals surface area contributed by atoms with Crippen molar-refractivity contribution >= 4 is 15.7 Å². The minimum absolute atomic E-state index is 0.369. The highest BCUT2D eigenvalue weighted by molar-refractivity contribution is 7.92. The fourth-order valence-corrected chi connectivity index (χ4v) is 4.74. The maximum absolute atomic E-state index is 12.8. The van der Waals surface area contributed by atoms with Crippen LogP contribution in [0.25, 0.3) is 0 Å². The van der Waals surface area contributed by atoms with Crippen LogP contribution < -0.4 is 0 Å². The Bertz CT molecular complexity index is 592. The summed E-state index contributed by atoms with van der Waals surface area (Å²) in [5.41, 5.74) is 0.471. The summed E-state index contributed by atoms with van der Waals surface area (Å²) in [4.78, 5) is 14.4. The highest BCUT2D eigenvalue weighted by atomic mass is 32.2. The van der Waals surface area contributed by atoms with Gasteiger partial charge in [-0.2, -0.15) is 0 Å². The summed E-state index contributed by atoms with van der Waals surface area (Å²) >= 11 is 0. The van der Waals surface area contributed by atoms with E-state index in [0.29, 0.717) is 18.7 Å². The highest BCUT2D eigenvalue weighted by Gasteiger charge is 2.37. The molecule has 0 aliphatic carbocycles. The zero-order chi connectivity index (χ0) is 16.2. The number of amides is 1. The van der Waals surface area contributed by atoms with Crippen LogP contribution >= 0.6 is 0 Å². The van der Waals surface area contributed by atoms with Gasteiger partial charge in [-0.25, -0.2) is 8.42 Å². The Morgan fingerprint density at radius 1 is 1.18 bits per heavy atom. The van der Waals surface area contributed by atoms with Crippen molar-refractivity contribution in [2.24, 2.45) is 0 Å². The summed E-state index contributed by atoms with van der Waals surface area (Å²) in [6.07, 6.45) is 1.89. The number of sulfone groups is 1. The third kappa shape index (κ3) is 4.08. The van der Waals surface area contributed by atoms with Crippen molar-refractivity contribution in [2.45, 2.75) is 37.5 Å². The molecule has 1 fully saturated rings. The number of carbonyl (C=O) groups excluding carboxylic acids is 1. The van der Waals surface area contributed by atoms with Crippen molar-refractivity contribution in [3.63, 3.8) is 0 Å². The van der Waals surface area contributed by atoms with Gasteiger partial charge in [-0.05, 0) is 31.7 Å². The van der Waals surface area contributed by atoms with E-state index in [1.807, 2.05) is 0 Å². The summed E-state index contributed by atoms with van der Waals surface area (Å²) in [7, 11) is -3.76. The average Bonchev–Trinajstić information content (AvgIpc) is 2.47. The molecule has 1 N–H and O–H groups in total. The van der Waals surface area contributed by atoms with E-state index < -0.39 is 26.9 Å². The van der Waals surface area contributed by atoms with Crippen molar-refractivity contribution in [1.29, 1.82) is 0 Å². The number of carbonyl (C=O) groups is 1. The molecular formula is C16H23NO4S. The van der Waals surface area contributed by atoms with Crippen molar-refractivity contribution in [3.8, 4) is 0 Å². The number of rotatable bonds is 5. The van der Waals surface area contributed by atoms with Crippen LogP contribution in [0.2, 0.25) is 0 Å². The number of aliphatic hydroxyl groups is 1. The molecule has 0 bridgehead atoms. The predicted octanol–water partition coefficient (Wildman–Crippen LogP) is 1.54. The highest BCUT2D eigenvalue weighted by Crippen LogP contribution is 2.27. The van der Waals surface area contributed by atoms with E-state index in [2.05, 4.69) is 0 Å². The molecule has 5 nitrogen and oxygen atoms in total. The number of benzene rings is 1. The van der Waals surface area contributed by atoms with Crippen LogP contribution in [-0.4, -0.2) is 49.3 Å². The third-order valence-electron chi connectivity index (χ3n) is 3.83. The molecule has 0 radical (unpaired) electrons. The molecule has 6 heteroatoms. The van der Waals surface area contributed by atoms with Crippen molar-refractivity contribution in [1.82, 2.24) is 4.90 Å². The minimum atomic E-state index is -3.76. The number of hydrogen-bond acceptors (Lipinski definition) is 4. The quantitative estimate of drug-likeness (QED) is 0.891. The lowest BCUT2D eigenvalue weighted by atomic mass is 10.1. The normalized spacial score (nSPS) is 18.7. The third-order valence-corrected chi connectivity index (χ3v) is 5.97. The van der Waals surface area contributed by atoms with E-state index in [9.17, 15) is 18.3 Å². The first-order chi connectivity index (χ1) is 10.4. The maximum atomic E-state index is 12.8. The Hall–Kier alpha value is -1.40. The average molecular weight is 325 g/mol. The van der Waals surface area contributed by atoms with Crippen LogP contribution in [0.5, 0.6) is 0 Å². The first-order valence-corrected chi connectivity index (χ1v) is 9.37. The molecule has 0 aromatic heterocycles. The molecule has 1 aliphatic rings. The Morgan fingerprint density at radius 3 is 2.32 bits per heavy atom. The first kappa shape index (κ1) is 17.0. The van der Waals surface area contributed by atoms with Crippen LogP contribution in [-0.2, 0) is 14.6 Å². The summed E-state index contributed by atoms with van der Waals surface area (Å²) < 4.78 is 25.2. The van der Waals surface area contributed by atoms with Gasteiger partial charge < -0.3 is 10.0 Å². The lowest BCUT2D eigenvalue weighted by molar-refractivity contribution is -0.131. The predicted molar refractivity (Wildman–Crippen MR) is 85.1 cm³/mol. The SMILES string of the molecule is CC(O)CS(=O)(=O)C(C(=O)N1CCCCC1)c1ccccc1. The lowest BCUT2D eigenvalue weighted by Crippen LogP contribution is -2.42. The van der Waals surface area contributed by atoms with Gasteiger partial charge in [-0.3, -0.25) is 4.79 Å². The van der Waals surface area contributed by atoms with Crippen LogP contribution in [0.15, 0.2) is 30.3 Å². The molecule has 1 heterocycles. The Kier molecular flexibility index (Phi) is 5.58. The number of aliphatic hydroxyl groups excluding tert-OH is 1. The summed E-state index contributed by atoms with van der Waals surface area (Å²) in [6, 6.07) is 8.55. The van der Waals surface area contributed by atoms with Gasteiger partial charge in [0.25, 0.3) is 0 Å². The standard InChI is InChI=1S/C16H23NO4S/c1-13(18)12-22(20,21)15(14-8-4-2-5-9-14)16(19)17-10-6-3-7-11-17/h2,4-5,8-9,13,15,18H,3,6-7,10-12H2,1H3. The molecule has 0 spiro atoms. The summed E-state index contributed by atoms with van der Waals surface area (Å²) in [6.45, 7) is 2.63. The molecule has 1 aromatic carbocycles. The molecule has 2 unspecified atom stereocenters. The van der Waals surface area contributed by atoms with Gasteiger partial charge in [-0.15, -0.1) is 0 Å². The monoisotopic (exact) mass is 325 g/mol. The lowest BCUT2D eigenvalue weighted by Gasteiger charge is -2.30. The van der Waals surface area contributed by atoms with Gasteiger partial charge in [0.2, 0.25) is 5.91 Å². The minimum Gasteiger partial charge on any atom is -0.392 e. The fraction of sp³-hybridized carbons (Fsp3) is 0.562. The molecule has 1 aromatic rings. The van der Waals surface area contributed by atoms with Crippen LogP contribution in [0.4, 0.5) is 0 Å². The van der Waals surface area contributed by atoms with Gasteiger partial charge >= 0.3 is 0 Å². The Balaban J connectivity index is 2.35. The second-order valence-corrected chi connectivity index (χ2v) is 7.99. The van der Waals surface area contributed by atoms with Crippen molar-refractivity contribution in [3.05, 3.63) is 35.9 Å². The molecule has 0 saturated carbocycles. The topological polar surface area (TPSA) is 74.7 Å². The molecule has 1 saturated heterocycles. The number of hydrogen-bond donors (Lipinski definition) is 1. The Labute approximate surface area is 131 Å². The summed E-state index contributed by atoms with van der Waals surface area (Å²) in [5.74, 6) is -0.780. The van der Waals surface area contributed by atoms with E-state index >= 15 is 0 Å². The maximum Gasteiger partial charge on any atom is 0.245 e. The van der Waals surface area contributed by atoms with Crippen LogP contribution in [0.1, 0.15) is 37.0 Å². The molecule has 1 amide bonds. The molecule has 1 aliphatic heterocycles. The zero-order valence-corrected chi connectivity index (χ0v) is 13.6. The number of likely N-dealkylation sites (tertiary alicyclic amines) is 1. The second-order valence-electron chi connectivity index (χ2n) is 5.86.